The Balaban J connectivity index is 2.19. The minimum absolute atomic E-state index is 0.745. The maximum atomic E-state index is 11.2. The number of benzene rings is 1. The van der Waals surface area contributed by atoms with E-state index in [1.54, 1.807) is 6.20 Å². The lowest BCUT2D eigenvalue weighted by molar-refractivity contribution is 0.0582. The van der Waals surface area contributed by atoms with Crippen LogP contribution in [0.2, 0.25) is 0 Å². The topological polar surface area (TPSA) is 38.0 Å². The van der Waals surface area contributed by atoms with Gasteiger partial charge >= 0.3 is 0 Å². The van der Waals surface area contributed by atoms with Gasteiger partial charge in [0.1, 0.15) is 11.4 Å². The first-order valence-electron chi connectivity index (χ1n) is 6.50. The smallest absolute Gasteiger partial charge is 0.147 e. The highest BCUT2D eigenvalue weighted by atomic mass is 16.3. The molecule has 1 aliphatic carbocycles. The summed E-state index contributed by atoms with van der Waals surface area (Å²) in [7, 11) is 1.94. The lowest BCUT2D eigenvalue weighted by Gasteiger charge is -2.28. The number of nitrogens with zero attached hydrogens (tertiary/aromatic N) is 2. The minimum Gasteiger partial charge on any atom is -0.377 e. The van der Waals surface area contributed by atoms with Gasteiger partial charge in [0.25, 0.3) is 0 Å². The molecule has 0 fully saturated rings. The van der Waals surface area contributed by atoms with Crippen LogP contribution < -0.4 is 0 Å². The number of imidazole rings is 1. The Morgan fingerprint density at radius 2 is 2.11 bits per heavy atom. The van der Waals surface area contributed by atoms with Crippen molar-refractivity contribution in [1.29, 1.82) is 0 Å². The van der Waals surface area contributed by atoms with E-state index in [4.69, 9.17) is 0 Å². The number of hydrogen-bond acceptors (Lipinski definition) is 2. The van der Waals surface area contributed by atoms with Crippen molar-refractivity contribution in [2.45, 2.75) is 31.3 Å². The fourth-order valence-corrected chi connectivity index (χ4v) is 2.97. The van der Waals surface area contributed by atoms with Gasteiger partial charge in [0.2, 0.25) is 0 Å². The van der Waals surface area contributed by atoms with Gasteiger partial charge in [-0.25, -0.2) is 4.98 Å². The zero-order chi connectivity index (χ0) is 12.6. The van der Waals surface area contributed by atoms with Gasteiger partial charge < -0.3 is 9.67 Å². The third-order valence-electron chi connectivity index (χ3n) is 3.89. The molecule has 1 heterocycles. The molecule has 1 N–H and O–H groups in total. The van der Waals surface area contributed by atoms with Gasteiger partial charge in [-0.15, -0.1) is 0 Å². The molecule has 94 valence electrons. The first kappa shape index (κ1) is 11.5. The Labute approximate surface area is 107 Å². The maximum absolute atomic E-state index is 11.2. The number of aromatic nitrogens is 2. The van der Waals surface area contributed by atoms with Gasteiger partial charge in [0.05, 0.1) is 0 Å². The number of rotatable bonds is 1. The van der Waals surface area contributed by atoms with E-state index in [9.17, 15) is 5.11 Å². The molecule has 0 bridgehead atoms. The summed E-state index contributed by atoms with van der Waals surface area (Å²) in [5.74, 6) is 0.747. The Morgan fingerprint density at radius 1 is 1.28 bits per heavy atom. The molecular formula is C15H18N2O. The van der Waals surface area contributed by atoms with E-state index in [1.165, 1.54) is 5.56 Å². The first-order chi connectivity index (χ1) is 8.72. The molecule has 0 aliphatic heterocycles. The van der Waals surface area contributed by atoms with Gasteiger partial charge in [-0.1, -0.05) is 24.3 Å². The maximum Gasteiger partial charge on any atom is 0.147 e. The van der Waals surface area contributed by atoms with Crippen molar-refractivity contribution in [2.24, 2.45) is 7.05 Å². The average Bonchev–Trinajstić information content (AvgIpc) is 2.74. The largest absolute Gasteiger partial charge is 0.377 e. The predicted octanol–water partition coefficient (Wildman–Crippen LogP) is 2.38. The molecule has 3 nitrogen and oxygen atoms in total. The summed E-state index contributed by atoms with van der Waals surface area (Å²) < 4.78 is 1.92. The molecule has 1 aromatic carbocycles. The van der Waals surface area contributed by atoms with Crippen LogP contribution in [0.1, 0.15) is 36.2 Å². The Hall–Kier alpha value is -1.61. The lowest BCUT2D eigenvalue weighted by Crippen LogP contribution is -2.31. The molecule has 1 aliphatic rings. The molecule has 2 aromatic rings. The molecule has 0 saturated carbocycles. The fraction of sp³-hybridized carbons (Fsp3) is 0.400. The fourth-order valence-electron chi connectivity index (χ4n) is 2.97. The minimum atomic E-state index is -0.939. The molecule has 1 atom stereocenters. The van der Waals surface area contributed by atoms with Crippen molar-refractivity contribution in [3.63, 3.8) is 0 Å². The van der Waals surface area contributed by atoms with Crippen LogP contribution in [-0.4, -0.2) is 14.7 Å². The Bertz CT molecular complexity index is 561. The zero-order valence-corrected chi connectivity index (χ0v) is 10.6. The molecule has 0 amide bonds. The van der Waals surface area contributed by atoms with Gasteiger partial charge in [-0.05, 0) is 36.8 Å². The predicted molar refractivity (Wildman–Crippen MR) is 70.2 cm³/mol. The van der Waals surface area contributed by atoms with Crippen LogP contribution in [0.3, 0.4) is 0 Å². The summed E-state index contributed by atoms with van der Waals surface area (Å²) >= 11 is 0. The normalized spacial score (nSPS) is 23.4. The van der Waals surface area contributed by atoms with Crippen molar-refractivity contribution in [2.75, 3.05) is 0 Å². The van der Waals surface area contributed by atoms with Crippen molar-refractivity contribution < 1.29 is 5.11 Å². The second-order valence-corrected chi connectivity index (χ2v) is 5.09. The van der Waals surface area contributed by atoms with Gasteiger partial charge in [0.15, 0.2) is 0 Å². The van der Waals surface area contributed by atoms with E-state index in [0.29, 0.717) is 0 Å². The Morgan fingerprint density at radius 3 is 2.89 bits per heavy atom. The van der Waals surface area contributed by atoms with Gasteiger partial charge in [-0.3, -0.25) is 0 Å². The number of aliphatic hydroxyl groups is 1. The highest BCUT2D eigenvalue weighted by Gasteiger charge is 2.37. The third kappa shape index (κ3) is 1.66. The first-order valence-corrected chi connectivity index (χ1v) is 6.50. The second-order valence-electron chi connectivity index (χ2n) is 5.09. The highest BCUT2D eigenvalue weighted by Crippen LogP contribution is 2.38. The number of aryl methyl sites for hydroxylation is 2. The summed E-state index contributed by atoms with van der Waals surface area (Å²) in [6, 6.07) is 8.20. The Kier molecular flexibility index (Phi) is 2.71. The van der Waals surface area contributed by atoms with Crippen molar-refractivity contribution >= 4 is 0 Å². The molecule has 0 radical (unpaired) electrons. The third-order valence-corrected chi connectivity index (χ3v) is 3.89. The monoisotopic (exact) mass is 242 g/mol. The van der Waals surface area contributed by atoms with E-state index in [2.05, 4.69) is 11.1 Å². The van der Waals surface area contributed by atoms with E-state index in [-0.39, 0.29) is 0 Å². The number of hydrogen-bond donors (Lipinski definition) is 1. The van der Waals surface area contributed by atoms with Gasteiger partial charge in [-0.2, -0.15) is 0 Å². The lowest BCUT2D eigenvalue weighted by atomic mass is 9.87. The molecule has 1 aromatic heterocycles. The van der Waals surface area contributed by atoms with E-state index in [1.807, 2.05) is 36.0 Å². The van der Waals surface area contributed by atoms with Crippen molar-refractivity contribution in [3.05, 3.63) is 53.6 Å². The quantitative estimate of drug-likeness (QED) is 0.780. The summed E-state index contributed by atoms with van der Waals surface area (Å²) in [6.07, 6.45) is 7.58. The van der Waals surface area contributed by atoms with Crippen molar-refractivity contribution in [3.8, 4) is 0 Å². The summed E-state index contributed by atoms with van der Waals surface area (Å²) in [6.45, 7) is 0. The van der Waals surface area contributed by atoms with Crippen LogP contribution in [0.4, 0.5) is 0 Å². The summed E-state index contributed by atoms with van der Waals surface area (Å²) in [5, 5.41) is 11.2. The molecule has 3 rings (SSSR count). The van der Waals surface area contributed by atoms with Crippen LogP contribution in [0.15, 0.2) is 36.7 Å². The highest BCUT2D eigenvalue weighted by molar-refractivity contribution is 5.38. The SMILES string of the molecule is Cn1ccnc1C1(O)CCCCc2ccccc21. The van der Waals surface area contributed by atoms with Crippen molar-refractivity contribution in [1.82, 2.24) is 9.55 Å². The molecule has 1 unspecified atom stereocenters. The average molecular weight is 242 g/mol. The molecular weight excluding hydrogens is 224 g/mol. The molecule has 18 heavy (non-hydrogen) atoms. The van der Waals surface area contributed by atoms with E-state index >= 15 is 0 Å². The van der Waals surface area contributed by atoms with E-state index < -0.39 is 5.60 Å². The van der Waals surface area contributed by atoms with Crippen LogP contribution >= 0.6 is 0 Å². The van der Waals surface area contributed by atoms with E-state index in [0.717, 1.165) is 37.1 Å². The van der Waals surface area contributed by atoms with Crippen LogP contribution in [0.25, 0.3) is 0 Å². The van der Waals surface area contributed by atoms with Crippen LogP contribution in [0, 0.1) is 0 Å². The summed E-state index contributed by atoms with van der Waals surface area (Å²) in [4.78, 5) is 4.36. The van der Waals surface area contributed by atoms with Crippen LogP contribution in [-0.2, 0) is 19.1 Å². The summed E-state index contributed by atoms with van der Waals surface area (Å²) in [5.41, 5.74) is 1.34. The van der Waals surface area contributed by atoms with Crippen LogP contribution in [0.5, 0.6) is 0 Å². The zero-order valence-electron chi connectivity index (χ0n) is 10.6. The second kappa shape index (κ2) is 4.25. The molecule has 0 spiro atoms. The molecule has 3 heteroatoms. The van der Waals surface area contributed by atoms with Gasteiger partial charge in [0, 0.05) is 19.4 Å². The molecule has 0 saturated heterocycles. The standard InChI is InChI=1S/C15H18N2O/c1-17-11-10-16-14(17)15(18)9-5-4-7-12-6-2-3-8-13(12)15/h2-3,6,8,10-11,18H,4-5,7,9H2,1H3. The number of fused-ring (bicyclic) bond motifs is 1.